The molecule has 20 nitrogen and oxygen atoms in total. The Labute approximate surface area is 631 Å². The molecule has 4 aromatic carbocycles. The third-order valence-corrected chi connectivity index (χ3v) is 14.0. The van der Waals surface area contributed by atoms with Crippen LogP contribution in [0.2, 0.25) is 0 Å². The van der Waals surface area contributed by atoms with Crippen LogP contribution in [0.25, 0.3) is 0 Å². The fourth-order valence-electron chi connectivity index (χ4n) is 8.68. The van der Waals surface area contributed by atoms with Crippen molar-refractivity contribution in [3.05, 3.63) is 150 Å². The van der Waals surface area contributed by atoms with Gasteiger partial charge in [0.1, 0.15) is 0 Å². The molecule has 0 fully saturated rings. The van der Waals surface area contributed by atoms with Gasteiger partial charge in [0, 0.05) is 148 Å². The monoisotopic (exact) mass is 1460 g/mol. The Morgan fingerprint density at radius 1 is 0.359 bits per heavy atom. The Bertz CT molecular complexity index is 2110. The zero-order valence-corrected chi connectivity index (χ0v) is 69.9. The number of ether oxygens (including phenoxy) is 6. The second-order valence-electron chi connectivity index (χ2n) is 22.8. The average molecular weight is 1460 g/mol. The lowest BCUT2D eigenvalue weighted by Crippen LogP contribution is -2.34. The van der Waals surface area contributed by atoms with Crippen molar-refractivity contribution in [2.24, 2.45) is 0 Å². The van der Waals surface area contributed by atoms with Crippen LogP contribution in [0.15, 0.2) is 134 Å². The van der Waals surface area contributed by atoms with Crippen LogP contribution in [0, 0.1) is 13.8 Å². The number of hydrogen-bond acceptors (Lipinski definition) is 20. The van der Waals surface area contributed by atoms with E-state index in [2.05, 4.69) is 204 Å². The maximum Gasteiger partial charge on any atom is 0.0700 e. The maximum atomic E-state index is 8.48. The quantitative estimate of drug-likeness (QED) is 0.0201. The van der Waals surface area contributed by atoms with E-state index in [1.165, 1.54) is 59.8 Å². The Hall–Kier alpha value is -5.05. The normalized spacial score (nSPS) is 10.0. The zero-order chi connectivity index (χ0) is 79.5. The molecule has 0 spiro atoms. The number of aliphatic hydroxyl groups is 6. The second kappa shape index (κ2) is 89.3. The highest BCUT2D eigenvalue weighted by Crippen LogP contribution is 2.33. The van der Waals surface area contributed by atoms with Crippen LogP contribution in [0.3, 0.4) is 0 Å². The van der Waals surface area contributed by atoms with Crippen LogP contribution in [-0.4, -0.2) is 293 Å². The Kier molecular flexibility index (Phi) is 96.5. The van der Waals surface area contributed by atoms with Gasteiger partial charge in [-0.15, -0.1) is 0 Å². The topological polar surface area (TPSA) is 212 Å². The first-order valence-corrected chi connectivity index (χ1v) is 37.9. The van der Waals surface area contributed by atoms with Crippen molar-refractivity contribution in [3.8, 4) is 0 Å². The predicted octanol–water partition coefficient (Wildman–Crippen LogP) is 13.2. The van der Waals surface area contributed by atoms with E-state index in [4.69, 9.17) is 59.1 Å². The molecule has 0 saturated heterocycles. The highest BCUT2D eigenvalue weighted by atomic mass is 16.5. The van der Waals surface area contributed by atoms with E-state index in [0.29, 0.717) is 111 Å². The summed E-state index contributed by atoms with van der Waals surface area (Å²) in [5.41, 5.74) is 8.47. The molecule has 20 heteroatoms. The number of methoxy groups -OCH3 is 3. The molecule has 0 bridgehead atoms. The Morgan fingerprint density at radius 2 is 0.670 bits per heavy atom. The van der Waals surface area contributed by atoms with Crippen molar-refractivity contribution in [2.45, 2.75) is 142 Å². The SMILES string of the molecule is CC.CC.CC.CC.CC(C)N(C)C(C)C.CCCN(C)CCC.CN(CCO)CCO.COCCOCCN(CCOCCOC)CCOCCOC.Cc1cccc(C)c1N(C)C.OCCN(CCO)CCO.OCCc1ccccn1.c1ccc(N(c2ccccc2)c2ccccc2)cc1. The number of para-hydroxylation sites is 4. The summed E-state index contributed by atoms with van der Waals surface area (Å²) in [5, 5.41) is 50.6. The van der Waals surface area contributed by atoms with Crippen LogP contribution < -0.4 is 9.80 Å². The van der Waals surface area contributed by atoms with Crippen molar-refractivity contribution < 1.29 is 59.1 Å². The van der Waals surface area contributed by atoms with E-state index in [-0.39, 0.29) is 39.6 Å². The van der Waals surface area contributed by atoms with Gasteiger partial charge in [-0.1, -0.05) is 148 Å². The molecule has 1 aromatic heterocycles. The molecule has 0 atom stereocenters. The number of likely N-dealkylation sites (N-methyl/N-ethyl adjacent to an activating group) is 1. The van der Waals surface area contributed by atoms with E-state index in [0.717, 1.165) is 25.3 Å². The van der Waals surface area contributed by atoms with E-state index >= 15 is 0 Å². The number of aryl methyl sites for hydroxylation is 2. The number of aromatic nitrogens is 1. The van der Waals surface area contributed by atoms with Gasteiger partial charge in [-0.25, -0.2) is 0 Å². The van der Waals surface area contributed by atoms with Crippen molar-refractivity contribution in [1.82, 2.24) is 29.5 Å². The van der Waals surface area contributed by atoms with Crippen LogP contribution in [0.5, 0.6) is 0 Å². The molecule has 5 aromatic rings. The number of rotatable bonds is 40. The third-order valence-electron chi connectivity index (χ3n) is 14.0. The number of hydrogen-bond donors (Lipinski definition) is 6. The van der Waals surface area contributed by atoms with Gasteiger partial charge in [0.25, 0.3) is 0 Å². The summed E-state index contributed by atoms with van der Waals surface area (Å²) >= 11 is 0. The lowest BCUT2D eigenvalue weighted by Gasteiger charge is -2.25. The zero-order valence-electron chi connectivity index (χ0n) is 69.9. The van der Waals surface area contributed by atoms with Crippen molar-refractivity contribution in [3.63, 3.8) is 0 Å². The van der Waals surface area contributed by atoms with E-state index in [1.54, 1.807) is 32.4 Å². The molecule has 602 valence electrons. The molecule has 5 rings (SSSR count). The largest absolute Gasteiger partial charge is 0.396 e. The smallest absolute Gasteiger partial charge is 0.0700 e. The van der Waals surface area contributed by atoms with Crippen molar-refractivity contribution in [2.75, 3.05) is 231 Å². The van der Waals surface area contributed by atoms with Gasteiger partial charge in [-0.05, 0) is 148 Å². The van der Waals surface area contributed by atoms with Gasteiger partial charge < -0.3 is 83.6 Å². The number of anilines is 4. The van der Waals surface area contributed by atoms with Gasteiger partial charge >= 0.3 is 0 Å². The second-order valence-corrected chi connectivity index (χ2v) is 22.8. The van der Waals surface area contributed by atoms with Gasteiger partial charge in [0.2, 0.25) is 0 Å². The van der Waals surface area contributed by atoms with Crippen LogP contribution >= 0.6 is 0 Å². The van der Waals surface area contributed by atoms with Gasteiger partial charge in [0.15, 0.2) is 0 Å². The van der Waals surface area contributed by atoms with Crippen LogP contribution in [-0.2, 0) is 34.8 Å². The summed E-state index contributed by atoms with van der Waals surface area (Å²) in [5.74, 6) is 0. The van der Waals surface area contributed by atoms with E-state index in [9.17, 15) is 0 Å². The van der Waals surface area contributed by atoms with Crippen LogP contribution in [0.4, 0.5) is 22.7 Å². The predicted molar refractivity (Wildman–Crippen MR) is 442 cm³/mol. The highest BCUT2D eigenvalue weighted by Gasteiger charge is 2.11. The Morgan fingerprint density at radius 3 is 0.913 bits per heavy atom. The van der Waals surface area contributed by atoms with Crippen LogP contribution in [0.1, 0.15) is 127 Å². The number of pyridine rings is 1. The molecule has 0 aliphatic carbocycles. The minimum atomic E-state index is 0.0694. The summed E-state index contributed by atoms with van der Waals surface area (Å²) in [7, 11) is 15.3. The molecular weight excluding hydrogens is 1300 g/mol. The first kappa shape index (κ1) is 111. The molecule has 0 amide bonds. The molecule has 0 aliphatic rings. The van der Waals surface area contributed by atoms with Crippen molar-refractivity contribution in [1.29, 1.82) is 0 Å². The van der Waals surface area contributed by atoms with Crippen molar-refractivity contribution >= 4 is 22.7 Å². The Balaban J connectivity index is -0.000000208. The summed E-state index contributed by atoms with van der Waals surface area (Å²) in [6.45, 7) is 47.9. The van der Waals surface area contributed by atoms with Gasteiger partial charge in [0.05, 0.1) is 92.5 Å². The standard InChI is InChI=1S/C18H15N.C15H33NO6.C10H15N.C7H9NO.2C7H17N.C6H15NO3.C5H13NO2.4C2H6/c1-4-10-16(11-5-1)19(17-12-6-2-7-13-17)18-14-8-3-9-15-18;1-17-10-13-20-7-4-16(5-8-21-14-11-18-2)6-9-22-15-12-19-3;1-8-6-5-7-9(2)10(8)11(3)4;9-6-4-7-3-1-2-5-8-7;1-6(2)8(5)7(3)4;1-4-6-8(3)7-5-2;8-4-1-7(2-5-9)3-6-10;1-6(2-4-7)3-5-8;4*1-2/h1-15H;4-15H2,1-3H3;5-7H,1-4H3;1-3,5,9H,4,6H2;6-7H,1-5H3;4-7H2,1-3H3;8-10H,1-6H2;7-8H,2-5H2,1H3;4*1-2H3. The van der Waals surface area contributed by atoms with E-state index < -0.39 is 0 Å². The number of aliphatic hydroxyl groups excluding tert-OH is 6. The molecule has 0 unspecified atom stereocenters. The van der Waals surface area contributed by atoms with E-state index in [1.807, 2.05) is 104 Å². The average Bonchev–Trinajstić information content (AvgIpc) is 0.808. The number of nitrogens with zero attached hydrogens (tertiary/aromatic N) is 8. The summed E-state index contributed by atoms with van der Waals surface area (Å²) in [6.07, 6.45) is 4.93. The maximum absolute atomic E-state index is 8.48. The molecule has 0 radical (unpaired) electrons. The summed E-state index contributed by atoms with van der Waals surface area (Å²) in [6, 6.07) is 44.7. The van der Waals surface area contributed by atoms with Gasteiger partial charge in [-0.3, -0.25) is 14.8 Å². The lowest BCUT2D eigenvalue weighted by atomic mass is 10.1. The fourth-order valence-corrected chi connectivity index (χ4v) is 8.68. The number of benzene rings is 4. The fraction of sp³-hybridized carbons (Fsp3) is 0.651. The summed E-state index contributed by atoms with van der Waals surface area (Å²) in [4.78, 5) is 19.0. The minimum absolute atomic E-state index is 0.0694. The molecule has 0 aliphatic heterocycles. The third kappa shape index (κ3) is 72.3. The highest BCUT2D eigenvalue weighted by molar-refractivity contribution is 5.76. The molecular formula is C83H158N8O12. The molecule has 103 heavy (non-hydrogen) atoms. The first-order valence-electron chi connectivity index (χ1n) is 37.9. The minimum Gasteiger partial charge on any atom is -0.396 e. The lowest BCUT2D eigenvalue weighted by molar-refractivity contribution is 0.0223. The molecule has 0 saturated carbocycles. The summed E-state index contributed by atoms with van der Waals surface area (Å²) < 4.78 is 31.4. The first-order chi connectivity index (χ1) is 49.9. The molecule has 1 heterocycles. The van der Waals surface area contributed by atoms with Gasteiger partial charge in [-0.2, -0.15) is 0 Å². The molecule has 6 N–H and O–H groups in total.